The number of hydrogen-bond donors (Lipinski definition) is 1. The minimum Gasteiger partial charge on any atom is -0.380 e. The highest BCUT2D eigenvalue weighted by Gasteiger charge is 2.20. The average Bonchev–Trinajstić information content (AvgIpc) is 2.59. The number of likely N-dealkylation sites (N-methyl/N-ethyl adjacent to an activating group) is 1. The smallest absolute Gasteiger partial charge is 0.0429 e. The van der Waals surface area contributed by atoms with Crippen LogP contribution in [0.2, 0.25) is 0 Å². The van der Waals surface area contributed by atoms with Crippen LogP contribution in [-0.2, 0) is 6.42 Å². The SMILES string of the molecule is CCCN(C)CC1Cc2ccccc2N1. The Kier molecular flexibility index (Phi) is 3.27. The van der Waals surface area contributed by atoms with Crippen molar-refractivity contribution in [2.75, 3.05) is 25.5 Å². The van der Waals surface area contributed by atoms with Crippen molar-refractivity contribution in [2.45, 2.75) is 25.8 Å². The number of benzene rings is 1. The summed E-state index contributed by atoms with van der Waals surface area (Å²) in [6, 6.07) is 9.22. The van der Waals surface area contributed by atoms with Gasteiger partial charge >= 0.3 is 0 Å². The number of hydrogen-bond acceptors (Lipinski definition) is 2. The number of nitrogens with zero attached hydrogens (tertiary/aromatic N) is 1. The molecule has 1 aliphatic heterocycles. The van der Waals surface area contributed by atoms with E-state index in [1.165, 1.54) is 30.6 Å². The number of nitrogens with one attached hydrogen (secondary N) is 1. The molecule has 2 nitrogen and oxygen atoms in total. The van der Waals surface area contributed by atoms with E-state index in [0.29, 0.717) is 6.04 Å². The van der Waals surface area contributed by atoms with Crippen molar-refractivity contribution in [1.82, 2.24) is 4.90 Å². The van der Waals surface area contributed by atoms with E-state index in [4.69, 9.17) is 0 Å². The predicted octanol–water partition coefficient (Wildman–Crippen LogP) is 2.37. The lowest BCUT2D eigenvalue weighted by Crippen LogP contribution is -2.33. The molecule has 0 amide bonds. The molecule has 0 radical (unpaired) electrons. The summed E-state index contributed by atoms with van der Waals surface area (Å²) < 4.78 is 0. The van der Waals surface area contributed by atoms with Crippen LogP contribution < -0.4 is 5.32 Å². The van der Waals surface area contributed by atoms with Crippen LogP contribution in [0.3, 0.4) is 0 Å². The van der Waals surface area contributed by atoms with E-state index < -0.39 is 0 Å². The molecule has 1 heterocycles. The first-order valence-corrected chi connectivity index (χ1v) is 5.82. The quantitative estimate of drug-likeness (QED) is 0.810. The number of rotatable bonds is 4. The molecule has 0 saturated heterocycles. The fourth-order valence-electron chi connectivity index (χ4n) is 2.33. The lowest BCUT2D eigenvalue weighted by molar-refractivity contribution is 0.320. The van der Waals surface area contributed by atoms with E-state index in [1.807, 2.05) is 0 Å². The second-order valence-electron chi connectivity index (χ2n) is 4.46. The molecule has 1 aromatic rings. The molecule has 1 atom stereocenters. The molecule has 1 aliphatic rings. The third-order valence-electron chi connectivity index (χ3n) is 2.98. The van der Waals surface area contributed by atoms with Crippen LogP contribution in [0.4, 0.5) is 5.69 Å². The fourth-order valence-corrected chi connectivity index (χ4v) is 2.33. The summed E-state index contributed by atoms with van der Waals surface area (Å²) in [6.45, 7) is 4.56. The van der Waals surface area contributed by atoms with Crippen LogP contribution in [0, 0.1) is 0 Å². The Labute approximate surface area is 92.3 Å². The monoisotopic (exact) mass is 204 g/mol. The van der Waals surface area contributed by atoms with Crippen molar-refractivity contribution in [2.24, 2.45) is 0 Å². The van der Waals surface area contributed by atoms with Gasteiger partial charge < -0.3 is 10.2 Å². The first-order chi connectivity index (χ1) is 7.29. The molecule has 0 aromatic heterocycles. The van der Waals surface area contributed by atoms with Gasteiger partial charge in [-0.2, -0.15) is 0 Å². The third kappa shape index (κ3) is 2.51. The van der Waals surface area contributed by atoms with E-state index in [1.54, 1.807) is 0 Å². The van der Waals surface area contributed by atoms with Gasteiger partial charge in [-0.25, -0.2) is 0 Å². The molecule has 0 spiro atoms. The summed E-state index contributed by atoms with van der Waals surface area (Å²) in [5.41, 5.74) is 2.79. The first kappa shape index (κ1) is 10.5. The van der Waals surface area contributed by atoms with Crippen molar-refractivity contribution < 1.29 is 0 Å². The van der Waals surface area contributed by atoms with Crippen LogP contribution in [0.1, 0.15) is 18.9 Å². The lowest BCUT2D eigenvalue weighted by Gasteiger charge is -2.20. The van der Waals surface area contributed by atoms with E-state index in [9.17, 15) is 0 Å². The predicted molar refractivity (Wildman–Crippen MR) is 65.3 cm³/mol. The molecular weight excluding hydrogens is 184 g/mol. The minimum absolute atomic E-state index is 0.596. The van der Waals surface area contributed by atoms with Gasteiger partial charge in [-0.15, -0.1) is 0 Å². The summed E-state index contributed by atoms with van der Waals surface area (Å²) in [5, 5.41) is 3.58. The minimum atomic E-state index is 0.596. The Morgan fingerprint density at radius 1 is 1.40 bits per heavy atom. The Morgan fingerprint density at radius 2 is 2.20 bits per heavy atom. The van der Waals surface area contributed by atoms with Crippen LogP contribution >= 0.6 is 0 Å². The van der Waals surface area contributed by atoms with Gasteiger partial charge in [-0.3, -0.25) is 0 Å². The lowest BCUT2D eigenvalue weighted by atomic mass is 10.1. The molecule has 0 fully saturated rings. The van der Waals surface area contributed by atoms with Gasteiger partial charge in [0.2, 0.25) is 0 Å². The molecule has 0 bridgehead atoms. The van der Waals surface area contributed by atoms with Gasteiger partial charge in [0.05, 0.1) is 0 Å². The summed E-state index contributed by atoms with van der Waals surface area (Å²) >= 11 is 0. The zero-order chi connectivity index (χ0) is 10.7. The zero-order valence-corrected chi connectivity index (χ0v) is 9.66. The van der Waals surface area contributed by atoms with Crippen LogP contribution in [0.5, 0.6) is 0 Å². The molecule has 2 rings (SSSR count). The van der Waals surface area contributed by atoms with Crippen LogP contribution in [0.15, 0.2) is 24.3 Å². The maximum Gasteiger partial charge on any atom is 0.0429 e. The van der Waals surface area contributed by atoms with Crippen molar-refractivity contribution >= 4 is 5.69 Å². The largest absolute Gasteiger partial charge is 0.380 e. The van der Waals surface area contributed by atoms with Gasteiger partial charge in [-0.05, 0) is 38.1 Å². The molecule has 0 aliphatic carbocycles. The molecule has 0 saturated carbocycles. The number of fused-ring (bicyclic) bond motifs is 1. The van der Waals surface area contributed by atoms with E-state index in [0.717, 1.165) is 6.54 Å². The summed E-state index contributed by atoms with van der Waals surface area (Å²) in [7, 11) is 2.20. The standard InChI is InChI=1S/C13H20N2/c1-3-8-15(2)10-12-9-11-6-4-5-7-13(11)14-12/h4-7,12,14H,3,8-10H2,1-2H3. The maximum absolute atomic E-state index is 3.58. The van der Waals surface area contributed by atoms with Gasteiger partial charge in [0.1, 0.15) is 0 Å². The van der Waals surface area contributed by atoms with Crippen LogP contribution in [0.25, 0.3) is 0 Å². The van der Waals surface area contributed by atoms with Crippen molar-refractivity contribution in [1.29, 1.82) is 0 Å². The highest BCUT2D eigenvalue weighted by Crippen LogP contribution is 2.25. The van der Waals surface area contributed by atoms with Crippen molar-refractivity contribution in [3.63, 3.8) is 0 Å². The van der Waals surface area contributed by atoms with E-state index in [2.05, 4.69) is 48.5 Å². The Bertz CT molecular complexity index is 297. The normalized spacial score (nSPS) is 19.0. The summed E-state index contributed by atoms with van der Waals surface area (Å²) in [6.07, 6.45) is 2.40. The molecule has 82 valence electrons. The van der Waals surface area contributed by atoms with Crippen molar-refractivity contribution in [3.8, 4) is 0 Å². The highest BCUT2D eigenvalue weighted by atomic mass is 15.1. The second kappa shape index (κ2) is 4.67. The Hall–Kier alpha value is -1.02. The van der Waals surface area contributed by atoms with E-state index in [-0.39, 0.29) is 0 Å². The zero-order valence-electron chi connectivity index (χ0n) is 9.66. The van der Waals surface area contributed by atoms with Gasteiger partial charge in [0, 0.05) is 18.3 Å². The summed E-state index contributed by atoms with van der Waals surface area (Å²) in [4.78, 5) is 2.41. The average molecular weight is 204 g/mol. The highest BCUT2D eigenvalue weighted by molar-refractivity contribution is 5.56. The molecule has 15 heavy (non-hydrogen) atoms. The number of para-hydroxylation sites is 1. The topological polar surface area (TPSA) is 15.3 Å². The second-order valence-corrected chi connectivity index (χ2v) is 4.46. The van der Waals surface area contributed by atoms with Gasteiger partial charge in [0.25, 0.3) is 0 Å². The van der Waals surface area contributed by atoms with Gasteiger partial charge in [-0.1, -0.05) is 25.1 Å². The molecular formula is C13H20N2. The first-order valence-electron chi connectivity index (χ1n) is 5.82. The molecule has 1 aromatic carbocycles. The molecule has 2 heteroatoms. The third-order valence-corrected chi connectivity index (χ3v) is 2.98. The van der Waals surface area contributed by atoms with Crippen molar-refractivity contribution in [3.05, 3.63) is 29.8 Å². The maximum atomic E-state index is 3.58. The summed E-state index contributed by atoms with van der Waals surface area (Å²) in [5.74, 6) is 0. The Morgan fingerprint density at radius 3 is 2.93 bits per heavy atom. The number of anilines is 1. The fraction of sp³-hybridized carbons (Fsp3) is 0.538. The molecule has 1 unspecified atom stereocenters. The van der Waals surface area contributed by atoms with Crippen LogP contribution in [-0.4, -0.2) is 31.1 Å². The van der Waals surface area contributed by atoms with E-state index >= 15 is 0 Å². The van der Waals surface area contributed by atoms with Gasteiger partial charge in [0.15, 0.2) is 0 Å². The Balaban J connectivity index is 1.90. The molecule has 1 N–H and O–H groups in total.